The van der Waals surface area contributed by atoms with Gasteiger partial charge in [-0.2, -0.15) is 0 Å². The van der Waals surface area contributed by atoms with Crippen LogP contribution >= 0.6 is 0 Å². The first-order chi connectivity index (χ1) is 6.58. The SMILES string of the molecule is CB1NC(C)c2cc(C)cc(C)c2O1. The Morgan fingerprint density at radius 3 is 2.79 bits per heavy atom. The summed E-state index contributed by atoms with van der Waals surface area (Å²) in [5, 5.41) is 3.37. The Morgan fingerprint density at radius 1 is 1.36 bits per heavy atom. The molecule has 0 fully saturated rings. The lowest BCUT2D eigenvalue weighted by atomic mass is 9.81. The molecule has 0 radical (unpaired) electrons. The summed E-state index contributed by atoms with van der Waals surface area (Å²) >= 11 is 0. The second-order valence-corrected chi connectivity index (χ2v) is 4.15. The predicted octanol–water partition coefficient (Wildman–Crippen LogP) is 2.46. The molecule has 1 aromatic carbocycles. The maximum absolute atomic E-state index is 5.78. The molecule has 1 aromatic rings. The second kappa shape index (κ2) is 3.32. The van der Waals surface area contributed by atoms with Crippen molar-refractivity contribution in [2.75, 3.05) is 0 Å². The van der Waals surface area contributed by atoms with Crippen molar-refractivity contribution in [1.82, 2.24) is 5.23 Å². The highest BCUT2D eigenvalue weighted by atomic mass is 16.4. The van der Waals surface area contributed by atoms with Gasteiger partial charge in [-0.1, -0.05) is 17.7 Å². The molecule has 1 aliphatic heterocycles. The lowest BCUT2D eigenvalue weighted by Gasteiger charge is -2.29. The number of hydrogen-bond acceptors (Lipinski definition) is 2. The summed E-state index contributed by atoms with van der Waals surface area (Å²) < 4.78 is 5.78. The highest BCUT2D eigenvalue weighted by Gasteiger charge is 2.26. The van der Waals surface area contributed by atoms with Crippen LogP contribution in [-0.2, 0) is 0 Å². The van der Waals surface area contributed by atoms with Gasteiger partial charge in [0, 0.05) is 11.6 Å². The summed E-state index contributed by atoms with van der Waals surface area (Å²) in [6.07, 6.45) is 0. The van der Waals surface area contributed by atoms with Crippen molar-refractivity contribution in [3.8, 4) is 5.75 Å². The molecular weight excluding hydrogens is 173 g/mol. The van der Waals surface area contributed by atoms with Gasteiger partial charge in [0.25, 0.3) is 0 Å². The average molecular weight is 189 g/mol. The number of fused-ring (bicyclic) bond motifs is 1. The van der Waals surface area contributed by atoms with E-state index in [4.69, 9.17) is 4.65 Å². The van der Waals surface area contributed by atoms with Crippen LogP contribution in [0.5, 0.6) is 5.75 Å². The second-order valence-electron chi connectivity index (χ2n) is 4.15. The molecule has 1 atom stereocenters. The number of aryl methyl sites for hydroxylation is 2. The summed E-state index contributed by atoms with van der Waals surface area (Å²) in [7, 11) is 0.110. The molecule has 1 aliphatic rings. The van der Waals surface area contributed by atoms with Crippen LogP contribution in [0.4, 0.5) is 0 Å². The Bertz CT molecular complexity index is 365. The molecule has 3 heteroatoms. The zero-order valence-electron chi connectivity index (χ0n) is 9.22. The van der Waals surface area contributed by atoms with Gasteiger partial charge >= 0.3 is 7.05 Å². The molecule has 0 amide bonds. The maximum atomic E-state index is 5.78. The van der Waals surface area contributed by atoms with Crippen molar-refractivity contribution >= 4 is 7.05 Å². The Balaban J connectivity index is 2.53. The molecule has 0 aromatic heterocycles. The standard InChI is InChI=1S/C11H16BNO/c1-7-5-8(2)11-10(6-7)9(3)13-12(4)14-11/h5-6,9,13H,1-4H3. The fraction of sp³-hybridized carbons (Fsp3) is 0.455. The molecule has 2 rings (SSSR count). The van der Waals surface area contributed by atoms with Crippen LogP contribution in [0.3, 0.4) is 0 Å². The first kappa shape index (κ1) is 9.59. The number of hydrogen-bond donors (Lipinski definition) is 1. The third kappa shape index (κ3) is 1.52. The Hall–Kier alpha value is -0.955. The van der Waals surface area contributed by atoms with Crippen LogP contribution in [0.25, 0.3) is 0 Å². The monoisotopic (exact) mass is 189 g/mol. The fourth-order valence-electron chi connectivity index (χ4n) is 2.12. The minimum Gasteiger partial charge on any atom is -0.546 e. The Morgan fingerprint density at radius 2 is 2.07 bits per heavy atom. The summed E-state index contributed by atoms with van der Waals surface area (Å²) in [4.78, 5) is 0. The van der Waals surface area contributed by atoms with Crippen LogP contribution in [-0.4, -0.2) is 7.05 Å². The normalized spacial score (nSPS) is 20.3. The highest BCUT2D eigenvalue weighted by molar-refractivity contribution is 6.48. The zero-order chi connectivity index (χ0) is 10.3. The molecule has 1 N–H and O–H groups in total. The van der Waals surface area contributed by atoms with Crippen molar-refractivity contribution in [1.29, 1.82) is 0 Å². The third-order valence-electron chi connectivity index (χ3n) is 2.69. The summed E-state index contributed by atoms with van der Waals surface area (Å²) in [6.45, 7) is 8.45. The van der Waals surface area contributed by atoms with Crippen LogP contribution in [0, 0.1) is 13.8 Å². The van der Waals surface area contributed by atoms with Gasteiger partial charge in [0.15, 0.2) is 0 Å². The topological polar surface area (TPSA) is 21.3 Å². The average Bonchev–Trinajstić information content (AvgIpc) is 2.07. The minimum atomic E-state index is 0.110. The van der Waals surface area contributed by atoms with Gasteiger partial charge in [-0.25, -0.2) is 0 Å². The van der Waals surface area contributed by atoms with Crippen molar-refractivity contribution in [2.24, 2.45) is 0 Å². The first-order valence-corrected chi connectivity index (χ1v) is 5.12. The van der Waals surface area contributed by atoms with Gasteiger partial charge in [-0.3, -0.25) is 0 Å². The van der Waals surface area contributed by atoms with E-state index >= 15 is 0 Å². The molecule has 0 bridgehead atoms. The molecule has 1 heterocycles. The molecule has 0 saturated heterocycles. The van der Waals surface area contributed by atoms with Gasteiger partial charge in [0.05, 0.1) is 0 Å². The Labute approximate surface area is 85.8 Å². The maximum Gasteiger partial charge on any atom is 0.443 e. The largest absolute Gasteiger partial charge is 0.546 e. The number of rotatable bonds is 0. The minimum absolute atomic E-state index is 0.110. The summed E-state index contributed by atoms with van der Waals surface area (Å²) in [6, 6.07) is 4.75. The smallest absolute Gasteiger partial charge is 0.443 e. The molecule has 14 heavy (non-hydrogen) atoms. The van der Waals surface area contributed by atoms with Gasteiger partial charge in [0.1, 0.15) is 5.75 Å². The van der Waals surface area contributed by atoms with Crippen LogP contribution in [0.15, 0.2) is 12.1 Å². The van der Waals surface area contributed by atoms with E-state index in [0.717, 1.165) is 5.75 Å². The molecule has 0 aliphatic carbocycles. The van der Waals surface area contributed by atoms with E-state index in [0.29, 0.717) is 6.04 Å². The van der Waals surface area contributed by atoms with E-state index in [9.17, 15) is 0 Å². The van der Waals surface area contributed by atoms with Gasteiger partial charge in [0.2, 0.25) is 0 Å². The predicted molar refractivity (Wildman–Crippen MR) is 59.7 cm³/mol. The molecule has 0 spiro atoms. The molecule has 74 valence electrons. The van der Waals surface area contributed by atoms with Crippen LogP contribution in [0.1, 0.15) is 29.7 Å². The molecule has 1 unspecified atom stereocenters. The van der Waals surface area contributed by atoms with Crippen molar-refractivity contribution in [3.05, 3.63) is 28.8 Å². The fourth-order valence-corrected chi connectivity index (χ4v) is 2.12. The first-order valence-electron chi connectivity index (χ1n) is 5.12. The van der Waals surface area contributed by atoms with Crippen molar-refractivity contribution in [2.45, 2.75) is 33.6 Å². The lowest BCUT2D eigenvalue weighted by Crippen LogP contribution is -2.42. The summed E-state index contributed by atoms with van der Waals surface area (Å²) in [5.74, 6) is 1.06. The highest BCUT2D eigenvalue weighted by Crippen LogP contribution is 2.33. The van der Waals surface area contributed by atoms with E-state index < -0.39 is 0 Å². The third-order valence-corrected chi connectivity index (χ3v) is 2.69. The van der Waals surface area contributed by atoms with Crippen molar-refractivity contribution < 1.29 is 4.65 Å². The van der Waals surface area contributed by atoms with E-state index in [2.05, 4.69) is 38.1 Å². The van der Waals surface area contributed by atoms with Crippen LogP contribution in [0.2, 0.25) is 6.82 Å². The van der Waals surface area contributed by atoms with Gasteiger partial charge < -0.3 is 9.88 Å². The van der Waals surface area contributed by atoms with E-state index in [1.165, 1.54) is 16.7 Å². The lowest BCUT2D eigenvalue weighted by molar-refractivity contribution is 0.482. The van der Waals surface area contributed by atoms with Gasteiger partial charge in [-0.15, -0.1) is 0 Å². The molecular formula is C11H16BNO. The van der Waals surface area contributed by atoms with E-state index in [1.54, 1.807) is 0 Å². The summed E-state index contributed by atoms with van der Waals surface area (Å²) in [5.41, 5.74) is 3.81. The van der Waals surface area contributed by atoms with E-state index in [1.807, 2.05) is 6.82 Å². The van der Waals surface area contributed by atoms with Gasteiger partial charge in [-0.05, 0) is 33.2 Å². The van der Waals surface area contributed by atoms with E-state index in [-0.39, 0.29) is 7.05 Å². The number of nitrogens with one attached hydrogen (secondary N) is 1. The van der Waals surface area contributed by atoms with Crippen LogP contribution < -0.4 is 9.88 Å². The molecule has 0 saturated carbocycles. The quantitative estimate of drug-likeness (QED) is 0.633. The van der Waals surface area contributed by atoms with Crippen molar-refractivity contribution in [3.63, 3.8) is 0 Å². The molecule has 2 nitrogen and oxygen atoms in total. The number of benzene rings is 1. The zero-order valence-corrected chi connectivity index (χ0v) is 9.22. The Kier molecular flexibility index (Phi) is 2.27.